The van der Waals surface area contributed by atoms with Crippen LogP contribution in [0.5, 0.6) is 0 Å². The minimum atomic E-state index is -4.83. The van der Waals surface area contributed by atoms with E-state index in [-0.39, 0.29) is 6.04 Å². The molecule has 4 rings (SSSR count). The molecule has 0 atom stereocenters. The molecule has 1 N–H and O–H groups in total. The molecule has 0 saturated carbocycles. The monoisotopic (exact) mass is 452 g/mol. The van der Waals surface area contributed by atoms with E-state index in [9.17, 15) is 22.4 Å². The van der Waals surface area contributed by atoms with E-state index in [2.05, 4.69) is 15.5 Å². The molecule has 1 aromatic heterocycles. The van der Waals surface area contributed by atoms with Gasteiger partial charge in [0.05, 0.1) is 11.1 Å². The van der Waals surface area contributed by atoms with Crippen molar-refractivity contribution in [3.8, 4) is 0 Å². The van der Waals surface area contributed by atoms with E-state index in [1.165, 1.54) is 0 Å². The predicted octanol–water partition coefficient (Wildman–Crippen LogP) is 4.84. The summed E-state index contributed by atoms with van der Waals surface area (Å²) in [6.45, 7) is 1.06. The highest BCUT2D eigenvalue weighted by Crippen LogP contribution is 2.33. The molecule has 31 heavy (non-hydrogen) atoms. The van der Waals surface area contributed by atoms with E-state index in [4.69, 9.17) is 11.6 Å². The Hall–Kier alpha value is -2.94. The third-order valence-electron chi connectivity index (χ3n) is 5.28. The zero-order valence-electron chi connectivity index (χ0n) is 16.1. The van der Waals surface area contributed by atoms with Gasteiger partial charge in [-0.2, -0.15) is 13.2 Å². The largest absolute Gasteiger partial charge is 0.417 e. The number of hydrogen-bond donors (Lipinski definition) is 1. The number of rotatable bonds is 3. The van der Waals surface area contributed by atoms with Gasteiger partial charge in [-0.15, -0.1) is 10.2 Å². The second-order valence-electron chi connectivity index (χ2n) is 7.28. The van der Waals surface area contributed by atoms with Gasteiger partial charge in [0.2, 0.25) is 0 Å². The van der Waals surface area contributed by atoms with Crippen molar-refractivity contribution in [1.29, 1.82) is 0 Å². The molecule has 0 spiro atoms. The van der Waals surface area contributed by atoms with Gasteiger partial charge < -0.3 is 10.2 Å². The van der Waals surface area contributed by atoms with E-state index in [1.807, 2.05) is 29.2 Å². The van der Waals surface area contributed by atoms with E-state index >= 15 is 0 Å². The quantitative estimate of drug-likeness (QED) is 0.578. The highest BCUT2D eigenvalue weighted by molar-refractivity contribution is 6.34. The predicted molar refractivity (Wildman–Crippen MR) is 109 cm³/mol. The van der Waals surface area contributed by atoms with Crippen molar-refractivity contribution in [3.05, 3.63) is 64.6 Å². The minimum absolute atomic E-state index is 0.307. The number of benzene rings is 2. The van der Waals surface area contributed by atoms with Crippen LogP contribution in [0.3, 0.4) is 0 Å². The molecular weight excluding hydrogens is 436 g/mol. The van der Waals surface area contributed by atoms with Gasteiger partial charge in [-0.1, -0.05) is 35.9 Å². The van der Waals surface area contributed by atoms with Gasteiger partial charge >= 0.3 is 6.18 Å². The maximum atomic E-state index is 13.3. The fourth-order valence-electron chi connectivity index (χ4n) is 3.74. The first-order chi connectivity index (χ1) is 14.7. The molecule has 0 aliphatic carbocycles. The number of nitrogens with one attached hydrogen (secondary N) is 1. The van der Waals surface area contributed by atoms with E-state index in [1.54, 1.807) is 0 Å². The lowest BCUT2D eigenvalue weighted by Gasteiger charge is -2.33. The molecule has 0 unspecified atom stereocenters. The Morgan fingerprint density at radius 2 is 1.74 bits per heavy atom. The van der Waals surface area contributed by atoms with Crippen molar-refractivity contribution in [2.45, 2.75) is 25.1 Å². The van der Waals surface area contributed by atoms with Gasteiger partial charge in [-0.05, 0) is 31.0 Å². The average Bonchev–Trinajstić information content (AvgIpc) is 2.74. The molecule has 2 heterocycles. The summed E-state index contributed by atoms with van der Waals surface area (Å²) in [5, 5.41) is 12.8. The van der Waals surface area contributed by atoms with Crippen molar-refractivity contribution in [2.24, 2.45) is 0 Å². The Morgan fingerprint density at radius 3 is 2.42 bits per heavy atom. The molecule has 1 amide bonds. The van der Waals surface area contributed by atoms with Gasteiger partial charge in [0.15, 0.2) is 11.0 Å². The highest BCUT2D eigenvalue weighted by Gasteiger charge is 2.36. The second kappa shape index (κ2) is 8.30. The third-order valence-corrected chi connectivity index (χ3v) is 5.56. The number of aromatic nitrogens is 2. The fourth-order valence-corrected chi connectivity index (χ4v) is 3.94. The number of anilines is 1. The van der Waals surface area contributed by atoms with Crippen LogP contribution in [0.2, 0.25) is 5.15 Å². The zero-order chi connectivity index (χ0) is 22.2. The maximum Gasteiger partial charge on any atom is 0.417 e. The molecule has 2 aromatic carbocycles. The standard InChI is InChI=1S/C21H17ClF4N4O/c22-18-14-3-1-2-4-15(14)19(29-28-18)30-9-7-13(8-10-30)27-20(31)16-6-5-12(23)11-17(16)21(24,25)26/h1-6,11,13H,7-10H2,(H,27,31). The molecule has 5 nitrogen and oxygen atoms in total. The Balaban J connectivity index is 1.46. The van der Waals surface area contributed by atoms with Gasteiger partial charge in [0, 0.05) is 29.9 Å². The molecule has 1 aliphatic heterocycles. The number of nitrogens with zero attached hydrogens (tertiary/aromatic N) is 3. The summed E-state index contributed by atoms with van der Waals surface area (Å²) < 4.78 is 52.8. The first kappa shape index (κ1) is 21.3. The Morgan fingerprint density at radius 1 is 1.06 bits per heavy atom. The first-order valence-electron chi connectivity index (χ1n) is 9.57. The van der Waals surface area contributed by atoms with Crippen molar-refractivity contribution < 1.29 is 22.4 Å². The summed E-state index contributed by atoms with van der Waals surface area (Å²) in [5.41, 5.74) is -1.88. The van der Waals surface area contributed by atoms with Crippen molar-refractivity contribution in [3.63, 3.8) is 0 Å². The van der Waals surface area contributed by atoms with E-state index in [0.29, 0.717) is 43.0 Å². The number of hydrogen-bond acceptors (Lipinski definition) is 4. The lowest BCUT2D eigenvalue weighted by atomic mass is 10.0. The van der Waals surface area contributed by atoms with Crippen LogP contribution in [0.25, 0.3) is 10.8 Å². The molecule has 0 radical (unpaired) electrons. The van der Waals surface area contributed by atoms with Crippen LogP contribution >= 0.6 is 11.6 Å². The van der Waals surface area contributed by atoms with Crippen molar-refractivity contribution in [1.82, 2.24) is 15.5 Å². The Labute approximate surface area is 180 Å². The first-order valence-corrected chi connectivity index (χ1v) is 9.95. The van der Waals surface area contributed by atoms with Gasteiger partial charge in [0.1, 0.15) is 5.82 Å². The SMILES string of the molecule is O=C(NC1CCN(c2nnc(Cl)c3ccccc23)CC1)c1ccc(F)cc1C(F)(F)F. The zero-order valence-corrected chi connectivity index (χ0v) is 16.8. The number of piperidine rings is 1. The summed E-state index contributed by atoms with van der Waals surface area (Å²) in [6.07, 6.45) is -3.81. The number of amides is 1. The number of halogens is 5. The fraction of sp³-hybridized carbons (Fsp3) is 0.286. The molecule has 1 aliphatic rings. The topological polar surface area (TPSA) is 58.1 Å². The van der Waals surface area contributed by atoms with Crippen LogP contribution in [-0.2, 0) is 6.18 Å². The lowest BCUT2D eigenvalue weighted by Crippen LogP contribution is -2.45. The summed E-state index contributed by atoms with van der Waals surface area (Å²) in [6, 6.07) is 9.19. The van der Waals surface area contributed by atoms with Crippen LogP contribution in [0.15, 0.2) is 42.5 Å². The lowest BCUT2D eigenvalue weighted by molar-refractivity contribution is -0.138. The van der Waals surface area contributed by atoms with Crippen LogP contribution < -0.4 is 10.2 Å². The number of fused-ring (bicyclic) bond motifs is 1. The molecule has 1 fully saturated rings. The third kappa shape index (κ3) is 4.41. The van der Waals surface area contributed by atoms with E-state index < -0.39 is 29.0 Å². The molecule has 3 aromatic rings. The summed E-state index contributed by atoms with van der Waals surface area (Å²) in [5.74, 6) is -1.25. The Bertz CT molecular complexity index is 1130. The van der Waals surface area contributed by atoms with Gasteiger partial charge in [-0.25, -0.2) is 4.39 Å². The Kier molecular flexibility index (Phi) is 5.70. The average molecular weight is 453 g/mol. The molecule has 0 bridgehead atoms. The number of alkyl halides is 3. The van der Waals surface area contributed by atoms with Gasteiger partial charge in [0.25, 0.3) is 5.91 Å². The van der Waals surface area contributed by atoms with Crippen LogP contribution in [-0.4, -0.2) is 35.2 Å². The maximum absolute atomic E-state index is 13.3. The van der Waals surface area contributed by atoms with Crippen LogP contribution in [0.1, 0.15) is 28.8 Å². The summed E-state index contributed by atoms with van der Waals surface area (Å²) >= 11 is 6.12. The summed E-state index contributed by atoms with van der Waals surface area (Å²) in [4.78, 5) is 14.5. The second-order valence-corrected chi connectivity index (χ2v) is 7.64. The normalized spacial score (nSPS) is 15.3. The molecule has 162 valence electrons. The van der Waals surface area contributed by atoms with Gasteiger partial charge in [-0.3, -0.25) is 4.79 Å². The highest BCUT2D eigenvalue weighted by atomic mass is 35.5. The van der Waals surface area contributed by atoms with Crippen molar-refractivity contribution in [2.75, 3.05) is 18.0 Å². The molecular formula is C21H17ClF4N4O. The smallest absolute Gasteiger partial charge is 0.354 e. The van der Waals surface area contributed by atoms with Crippen LogP contribution in [0, 0.1) is 5.82 Å². The van der Waals surface area contributed by atoms with E-state index in [0.717, 1.165) is 22.9 Å². The number of carbonyl (C=O) groups is 1. The molecule has 1 saturated heterocycles. The summed E-state index contributed by atoms with van der Waals surface area (Å²) in [7, 11) is 0. The molecule has 10 heteroatoms. The minimum Gasteiger partial charge on any atom is -0.354 e. The van der Waals surface area contributed by atoms with Crippen molar-refractivity contribution >= 4 is 34.1 Å². The number of carbonyl (C=O) groups excluding carboxylic acids is 1. The van der Waals surface area contributed by atoms with Crippen LogP contribution in [0.4, 0.5) is 23.4 Å².